The molecule has 1 amide bonds. The Labute approximate surface area is 172 Å². The molecule has 0 saturated heterocycles. The molecule has 1 N–H and O–H groups in total. The molecule has 0 radical (unpaired) electrons. The lowest BCUT2D eigenvalue weighted by molar-refractivity contribution is 0.102. The van der Waals surface area contributed by atoms with Crippen molar-refractivity contribution in [2.24, 2.45) is 11.8 Å². The summed E-state index contributed by atoms with van der Waals surface area (Å²) < 4.78 is 27.6. The van der Waals surface area contributed by atoms with Crippen LogP contribution in [-0.2, 0) is 10.0 Å². The molecule has 28 heavy (non-hydrogen) atoms. The van der Waals surface area contributed by atoms with Crippen LogP contribution in [0.3, 0.4) is 0 Å². The largest absolute Gasteiger partial charge is 0.322 e. The number of benzene rings is 2. The Hall–Kier alpha value is -1.89. The van der Waals surface area contributed by atoms with Crippen LogP contribution in [-0.4, -0.2) is 31.7 Å². The molecule has 2 aromatic rings. The third-order valence-corrected chi connectivity index (χ3v) is 6.06. The van der Waals surface area contributed by atoms with Crippen molar-refractivity contribution >= 4 is 33.2 Å². The second kappa shape index (κ2) is 9.54. The number of hydrogen-bond donors (Lipinski definition) is 1. The van der Waals surface area contributed by atoms with Gasteiger partial charge in [0.1, 0.15) is 0 Å². The van der Waals surface area contributed by atoms with Crippen LogP contribution in [0.1, 0.15) is 38.1 Å². The fraction of sp³-hybridized carbons (Fsp3) is 0.381. The standard InChI is InChI=1S/C21H27ClN2O3S/c1-15(2)13-24(14-16(3)4)28(26,27)20-10-8-17(9-11-20)21(25)23-19-7-5-6-18(22)12-19/h5-12,15-16H,13-14H2,1-4H3,(H,23,25). The number of hydrogen-bond acceptors (Lipinski definition) is 3. The van der Waals surface area contributed by atoms with Gasteiger partial charge < -0.3 is 5.32 Å². The van der Waals surface area contributed by atoms with Crippen LogP contribution in [0.2, 0.25) is 5.02 Å². The summed E-state index contributed by atoms with van der Waals surface area (Å²) in [6, 6.07) is 12.9. The predicted molar refractivity (Wildman–Crippen MR) is 114 cm³/mol. The monoisotopic (exact) mass is 422 g/mol. The van der Waals surface area contributed by atoms with Crippen molar-refractivity contribution < 1.29 is 13.2 Å². The molecular weight excluding hydrogens is 396 g/mol. The van der Waals surface area contributed by atoms with Crippen LogP contribution in [0.25, 0.3) is 0 Å². The Morgan fingerprint density at radius 3 is 2.07 bits per heavy atom. The Morgan fingerprint density at radius 2 is 1.57 bits per heavy atom. The van der Waals surface area contributed by atoms with Gasteiger partial charge in [-0.15, -0.1) is 0 Å². The van der Waals surface area contributed by atoms with E-state index in [1.807, 2.05) is 27.7 Å². The van der Waals surface area contributed by atoms with Crippen molar-refractivity contribution in [3.8, 4) is 0 Å². The van der Waals surface area contributed by atoms with Crippen LogP contribution in [0.4, 0.5) is 5.69 Å². The molecule has 0 aliphatic carbocycles. The highest BCUT2D eigenvalue weighted by molar-refractivity contribution is 7.89. The molecule has 152 valence electrons. The van der Waals surface area contributed by atoms with Crippen LogP contribution in [0.5, 0.6) is 0 Å². The van der Waals surface area contributed by atoms with Crippen LogP contribution in [0.15, 0.2) is 53.4 Å². The van der Waals surface area contributed by atoms with E-state index in [0.717, 1.165) is 0 Å². The first kappa shape index (κ1) is 22.4. The fourth-order valence-electron chi connectivity index (χ4n) is 2.78. The van der Waals surface area contributed by atoms with E-state index in [-0.39, 0.29) is 22.6 Å². The fourth-order valence-corrected chi connectivity index (χ4v) is 4.74. The molecule has 0 spiro atoms. The number of anilines is 1. The molecule has 7 heteroatoms. The number of rotatable bonds is 8. The van der Waals surface area contributed by atoms with Gasteiger partial charge in [-0.2, -0.15) is 4.31 Å². The van der Waals surface area contributed by atoms with E-state index in [1.165, 1.54) is 28.6 Å². The SMILES string of the molecule is CC(C)CN(CC(C)C)S(=O)(=O)c1ccc(C(=O)Nc2cccc(Cl)c2)cc1. The van der Waals surface area contributed by atoms with Crippen LogP contribution < -0.4 is 5.32 Å². The van der Waals surface area contributed by atoms with Crippen molar-refractivity contribution in [3.63, 3.8) is 0 Å². The van der Waals surface area contributed by atoms with Crippen molar-refractivity contribution in [1.82, 2.24) is 4.31 Å². The van der Waals surface area contributed by atoms with E-state index >= 15 is 0 Å². The summed E-state index contributed by atoms with van der Waals surface area (Å²) in [6.07, 6.45) is 0. The average molecular weight is 423 g/mol. The molecule has 0 unspecified atom stereocenters. The van der Waals surface area contributed by atoms with Crippen molar-refractivity contribution in [2.75, 3.05) is 18.4 Å². The summed E-state index contributed by atoms with van der Waals surface area (Å²) in [5, 5.41) is 3.27. The predicted octanol–water partition coefficient (Wildman–Crippen LogP) is 4.90. The number of sulfonamides is 1. The van der Waals surface area contributed by atoms with E-state index in [4.69, 9.17) is 11.6 Å². The van der Waals surface area contributed by atoms with Gasteiger partial charge in [0, 0.05) is 29.4 Å². The minimum Gasteiger partial charge on any atom is -0.322 e. The van der Waals surface area contributed by atoms with Gasteiger partial charge in [-0.3, -0.25) is 4.79 Å². The van der Waals surface area contributed by atoms with Gasteiger partial charge in [-0.25, -0.2) is 8.42 Å². The maximum Gasteiger partial charge on any atom is 0.255 e. The van der Waals surface area contributed by atoms with E-state index in [0.29, 0.717) is 29.4 Å². The molecule has 0 aromatic heterocycles. The van der Waals surface area contributed by atoms with Crippen molar-refractivity contribution in [3.05, 3.63) is 59.1 Å². The third-order valence-electron chi connectivity index (χ3n) is 3.97. The lowest BCUT2D eigenvalue weighted by Gasteiger charge is -2.25. The maximum absolute atomic E-state index is 13.0. The van der Waals surface area contributed by atoms with Gasteiger partial charge in [0.15, 0.2) is 0 Å². The summed E-state index contributed by atoms with van der Waals surface area (Å²) in [4.78, 5) is 12.6. The van der Waals surface area contributed by atoms with Crippen molar-refractivity contribution in [1.29, 1.82) is 0 Å². The minimum atomic E-state index is -3.61. The van der Waals surface area contributed by atoms with E-state index in [2.05, 4.69) is 5.32 Å². The molecule has 0 saturated carbocycles. The summed E-state index contributed by atoms with van der Waals surface area (Å²) in [5.41, 5.74) is 0.951. The molecule has 2 rings (SSSR count). The summed E-state index contributed by atoms with van der Waals surface area (Å²) in [6.45, 7) is 8.88. The summed E-state index contributed by atoms with van der Waals surface area (Å²) in [7, 11) is -3.61. The molecule has 0 aliphatic rings. The summed E-state index contributed by atoms with van der Waals surface area (Å²) in [5.74, 6) is 0.111. The third kappa shape index (κ3) is 6.06. The number of halogens is 1. The minimum absolute atomic E-state index is 0.188. The molecular formula is C21H27ClN2O3S. The second-order valence-corrected chi connectivity index (χ2v) is 9.97. The normalized spacial score (nSPS) is 12.0. The van der Waals surface area contributed by atoms with E-state index in [9.17, 15) is 13.2 Å². The number of amides is 1. The van der Waals surface area contributed by atoms with Gasteiger partial charge in [0.05, 0.1) is 4.90 Å². The molecule has 0 bridgehead atoms. The first-order valence-corrected chi connectivity index (χ1v) is 11.1. The highest BCUT2D eigenvalue weighted by Crippen LogP contribution is 2.20. The number of nitrogens with one attached hydrogen (secondary N) is 1. The first-order chi connectivity index (χ1) is 13.1. The smallest absolute Gasteiger partial charge is 0.255 e. The molecule has 0 aliphatic heterocycles. The van der Waals surface area contributed by atoms with Crippen LogP contribution >= 0.6 is 11.6 Å². The molecule has 0 heterocycles. The molecule has 5 nitrogen and oxygen atoms in total. The molecule has 2 aromatic carbocycles. The average Bonchev–Trinajstić information content (AvgIpc) is 2.60. The summed E-state index contributed by atoms with van der Waals surface area (Å²) >= 11 is 5.92. The zero-order valence-corrected chi connectivity index (χ0v) is 18.2. The Bertz CT molecular complexity index is 900. The lowest BCUT2D eigenvalue weighted by Crippen LogP contribution is -2.37. The number of carbonyl (C=O) groups is 1. The molecule has 0 atom stereocenters. The molecule has 0 fully saturated rings. The van der Waals surface area contributed by atoms with Crippen LogP contribution in [0, 0.1) is 11.8 Å². The quantitative estimate of drug-likeness (QED) is 0.658. The zero-order valence-electron chi connectivity index (χ0n) is 16.6. The van der Waals surface area contributed by atoms with E-state index in [1.54, 1.807) is 24.3 Å². The number of carbonyl (C=O) groups excluding carboxylic acids is 1. The topological polar surface area (TPSA) is 66.5 Å². The Morgan fingerprint density at radius 1 is 1.00 bits per heavy atom. The highest BCUT2D eigenvalue weighted by atomic mass is 35.5. The van der Waals surface area contributed by atoms with E-state index < -0.39 is 10.0 Å². The van der Waals surface area contributed by atoms with Gasteiger partial charge in [-0.1, -0.05) is 45.4 Å². The van der Waals surface area contributed by atoms with Gasteiger partial charge in [0.2, 0.25) is 10.0 Å². The Kier molecular flexibility index (Phi) is 7.63. The zero-order chi connectivity index (χ0) is 20.9. The Balaban J connectivity index is 2.20. The van der Waals surface area contributed by atoms with Gasteiger partial charge in [-0.05, 0) is 54.3 Å². The second-order valence-electron chi connectivity index (χ2n) is 7.60. The maximum atomic E-state index is 13.0. The van der Waals surface area contributed by atoms with Gasteiger partial charge >= 0.3 is 0 Å². The first-order valence-electron chi connectivity index (χ1n) is 9.26. The lowest BCUT2D eigenvalue weighted by atomic mass is 10.2. The number of nitrogens with zero attached hydrogens (tertiary/aromatic N) is 1. The van der Waals surface area contributed by atoms with Crippen molar-refractivity contribution in [2.45, 2.75) is 32.6 Å². The highest BCUT2D eigenvalue weighted by Gasteiger charge is 2.26. The van der Waals surface area contributed by atoms with Gasteiger partial charge in [0.25, 0.3) is 5.91 Å².